The molecular weight excluding hydrogens is 333 g/mol. The van der Waals surface area contributed by atoms with Crippen molar-refractivity contribution >= 4 is 23.4 Å². The van der Waals surface area contributed by atoms with Crippen LogP contribution in [-0.2, 0) is 6.18 Å². The van der Waals surface area contributed by atoms with Gasteiger partial charge in [0.15, 0.2) is 0 Å². The minimum absolute atomic E-state index is 0.0191. The Labute approximate surface area is 134 Å². The van der Waals surface area contributed by atoms with Gasteiger partial charge in [-0.2, -0.15) is 13.2 Å². The molecule has 2 rings (SSSR count). The van der Waals surface area contributed by atoms with E-state index in [9.17, 15) is 22.8 Å². The summed E-state index contributed by atoms with van der Waals surface area (Å²) in [6.07, 6.45) is -4.47. The number of carbonyl (C=O) groups is 2. The Kier molecular flexibility index (Phi) is 4.90. The summed E-state index contributed by atoms with van der Waals surface area (Å²) in [4.78, 5) is 23.5. The lowest BCUT2D eigenvalue weighted by molar-refractivity contribution is -0.137. The maximum atomic E-state index is 12.4. The molecule has 2 N–H and O–H groups in total. The average molecular weight is 343 g/mol. The number of hydrogen-bond donors (Lipinski definition) is 2. The fourth-order valence-corrected chi connectivity index (χ4v) is 1.80. The third-order valence-corrected chi connectivity index (χ3v) is 3.12. The van der Waals surface area contributed by atoms with Crippen LogP contribution in [0.4, 0.5) is 13.2 Å². The molecule has 0 saturated heterocycles. The molecule has 4 nitrogen and oxygen atoms in total. The first-order valence-corrected chi connectivity index (χ1v) is 6.68. The lowest BCUT2D eigenvalue weighted by atomic mass is 10.1. The Hall–Kier alpha value is -2.54. The van der Waals surface area contributed by atoms with Gasteiger partial charge in [-0.25, -0.2) is 0 Å². The molecule has 0 radical (unpaired) electrons. The number of benzene rings is 2. The molecule has 0 heterocycles. The fourth-order valence-electron chi connectivity index (χ4n) is 1.67. The van der Waals surface area contributed by atoms with Crippen molar-refractivity contribution in [2.75, 3.05) is 0 Å². The molecule has 23 heavy (non-hydrogen) atoms. The van der Waals surface area contributed by atoms with Crippen LogP contribution in [0.2, 0.25) is 5.02 Å². The van der Waals surface area contributed by atoms with Gasteiger partial charge in [0.05, 0.1) is 5.56 Å². The lowest BCUT2D eigenvalue weighted by Crippen LogP contribution is -2.41. The lowest BCUT2D eigenvalue weighted by Gasteiger charge is -2.09. The Balaban J connectivity index is 1.97. The van der Waals surface area contributed by atoms with E-state index in [1.807, 2.05) is 0 Å². The van der Waals surface area contributed by atoms with E-state index in [0.717, 1.165) is 24.3 Å². The minimum atomic E-state index is -4.47. The zero-order valence-corrected chi connectivity index (χ0v) is 12.2. The summed E-state index contributed by atoms with van der Waals surface area (Å²) in [5.74, 6) is -1.32. The highest BCUT2D eigenvalue weighted by Gasteiger charge is 2.30. The number of halogens is 4. The van der Waals surface area contributed by atoms with Crippen molar-refractivity contribution in [3.63, 3.8) is 0 Å². The molecule has 0 atom stereocenters. The van der Waals surface area contributed by atoms with E-state index in [4.69, 9.17) is 11.6 Å². The van der Waals surface area contributed by atoms with Gasteiger partial charge in [0.1, 0.15) is 0 Å². The largest absolute Gasteiger partial charge is 0.416 e. The Morgan fingerprint density at radius 1 is 0.783 bits per heavy atom. The zero-order valence-electron chi connectivity index (χ0n) is 11.4. The van der Waals surface area contributed by atoms with Crippen LogP contribution in [-0.4, -0.2) is 11.8 Å². The summed E-state index contributed by atoms with van der Waals surface area (Å²) >= 11 is 5.69. The van der Waals surface area contributed by atoms with Gasteiger partial charge < -0.3 is 0 Å². The first-order chi connectivity index (χ1) is 10.8. The van der Waals surface area contributed by atoms with E-state index >= 15 is 0 Å². The summed E-state index contributed by atoms with van der Waals surface area (Å²) in [7, 11) is 0. The third kappa shape index (κ3) is 4.46. The molecule has 0 aliphatic heterocycles. The highest BCUT2D eigenvalue weighted by atomic mass is 35.5. The van der Waals surface area contributed by atoms with Crippen molar-refractivity contribution < 1.29 is 22.8 Å². The second kappa shape index (κ2) is 6.70. The fraction of sp³-hybridized carbons (Fsp3) is 0.0667. The first-order valence-electron chi connectivity index (χ1n) is 6.31. The zero-order chi connectivity index (χ0) is 17.0. The summed E-state index contributed by atoms with van der Waals surface area (Å²) in [5, 5.41) is 0.454. The summed E-state index contributed by atoms with van der Waals surface area (Å²) in [6.45, 7) is 0. The highest BCUT2D eigenvalue weighted by molar-refractivity contribution is 6.30. The predicted molar refractivity (Wildman–Crippen MR) is 77.8 cm³/mol. The van der Waals surface area contributed by atoms with E-state index in [1.165, 1.54) is 24.3 Å². The molecule has 0 spiro atoms. The minimum Gasteiger partial charge on any atom is -0.267 e. The van der Waals surface area contributed by atoms with Crippen LogP contribution >= 0.6 is 11.6 Å². The molecule has 120 valence electrons. The quantitative estimate of drug-likeness (QED) is 0.821. The number of amides is 2. The van der Waals surface area contributed by atoms with Crippen molar-refractivity contribution in [2.24, 2.45) is 0 Å². The van der Waals surface area contributed by atoms with Crippen molar-refractivity contribution in [2.45, 2.75) is 6.18 Å². The number of nitrogens with one attached hydrogen (secondary N) is 2. The molecule has 2 amide bonds. The summed E-state index contributed by atoms with van der Waals surface area (Å²) in [6, 6.07) is 9.55. The summed E-state index contributed by atoms with van der Waals surface area (Å²) in [5.41, 5.74) is 3.66. The van der Waals surface area contributed by atoms with Crippen molar-refractivity contribution in [3.8, 4) is 0 Å². The Morgan fingerprint density at radius 3 is 1.57 bits per heavy atom. The van der Waals surface area contributed by atoms with Crippen LogP contribution in [0.3, 0.4) is 0 Å². The van der Waals surface area contributed by atoms with E-state index in [0.29, 0.717) is 5.02 Å². The van der Waals surface area contributed by atoms with Gasteiger partial charge in [-0.1, -0.05) is 11.6 Å². The first kappa shape index (κ1) is 16.8. The number of rotatable bonds is 2. The van der Waals surface area contributed by atoms with E-state index < -0.39 is 23.6 Å². The van der Waals surface area contributed by atoms with Gasteiger partial charge in [-0.05, 0) is 48.5 Å². The number of alkyl halides is 3. The second-order valence-electron chi connectivity index (χ2n) is 4.49. The molecule has 0 bridgehead atoms. The SMILES string of the molecule is O=C(NNC(=O)c1ccc(C(F)(F)F)cc1)c1ccc(Cl)cc1. The third-order valence-electron chi connectivity index (χ3n) is 2.87. The van der Waals surface area contributed by atoms with Gasteiger partial charge in [-0.15, -0.1) is 0 Å². The van der Waals surface area contributed by atoms with Crippen LogP contribution in [0.25, 0.3) is 0 Å². The van der Waals surface area contributed by atoms with Gasteiger partial charge in [-0.3, -0.25) is 20.4 Å². The molecule has 8 heteroatoms. The molecule has 0 fully saturated rings. The van der Waals surface area contributed by atoms with Gasteiger partial charge in [0.2, 0.25) is 0 Å². The van der Waals surface area contributed by atoms with Gasteiger partial charge in [0.25, 0.3) is 11.8 Å². The van der Waals surface area contributed by atoms with E-state index in [1.54, 1.807) is 0 Å². The van der Waals surface area contributed by atoms with Crippen LogP contribution in [0.5, 0.6) is 0 Å². The molecule has 0 saturated carbocycles. The van der Waals surface area contributed by atoms with Crippen molar-refractivity contribution in [1.29, 1.82) is 0 Å². The molecule has 0 aliphatic rings. The monoisotopic (exact) mass is 342 g/mol. The van der Waals surface area contributed by atoms with Crippen LogP contribution in [0.15, 0.2) is 48.5 Å². The van der Waals surface area contributed by atoms with Crippen LogP contribution < -0.4 is 10.9 Å². The summed E-state index contributed by atoms with van der Waals surface area (Å²) < 4.78 is 37.3. The van der Waals surface area contributed by atoms with Crippen LogP contribution in [0, 0.1) is 0 Å². The van der Waals surface area contributed by atoms with Crippen LogP contribution in [0.1, 0.15) is 26.3 Å². The van der Waals surface area contributed by atoms with Crippen molar-refractivity contribution in [3.05, 3.63) is 70.2 Å². The number of hydrazine groups is 1. The van der Waals surface area contributed by atoms with Crippen molar-refractivity contribution in [1.82, 2.24) is 10.9 Å². The topological polar surface area (TPSA) is 58.2 Å². The Morgan fingerprint density at radius 2 is 1.17 bits per heavy atom. The maximum Gasteiger partial charge on any atom is 0.416 e. The maximum absolute atomic E-state index is 12.4. The molecule has 0 aliphatic carbocycles. The molecule has 2 aromatic rings. The molecule has 0 aromatic heterocycles. The second-order valence-corrected chi connectivity index (χ2v) is 4.93. The molecule has 0 unspecified atom stereocenters. The van der Waals surface area contributed by atoms with E-state index in [2.05, 4.69) is 10.9 Å². The molecule has 2 aromatic carbocycles. The normalized spacial score (nSPS) is 11.0. The number of hydrogen-bond acceptors (Lipinski definition) is 2. The highest BCUT2D eigenvalue weighted by Crippen LogP contribution is 2.29. The average Bonchev–Trinajstić information content (AvgIpc) is 2.52. The van der Waals surface area contributed by atoms with E-state index in [-0.39, 0.29) is 11.1 Å². The predicted octanol–water partition coefficient (Wildman–Crippen LogP) is 3.43. The standard InChI is InChI=1S/C15H10ClF3N2O2/c16-12-7-3-10(4-8-12)14(23)21-20-13(22)9-1-5-11(6-2-9)15(17,18)19/h1-8H,(H,20,22)(H,21,23). The van der Waals surface area contributed by atoms with Gasteiger partial charge in [0, 0.05) is 16.1 Å². The smallest absolute Gasteiger partial charge is 0.267 e. The molecular formula is C15H10ClF3N2O2. The number of carbonyl (C=O) groups excluding carboxylic acids is 2. The van der Waals surface area contributed by atoms with Gasteiger partial charge >= 0.3 is 6.18 Å². The Bertz CT molecular complexity index is 713.